The maximum atomic E-state index is 11.9. The molecule has 1 aromatic heterocycles. The van der Waals surface area contributed by atoms with Crippen molar-refractivity contribution in [1.29, 1.82) is 0 Å². The van der Waals surface area contributed by atoms with Gasteiger partial charge in [-0.3, -0.25) is 5.10 Å². The van der Waals surface area contributed by atoms with E-state index in [1.54, 1.807) is 0 Å². The average molecular weight is 277 g/mol. The largest absolute Gasteiger partial charge is 0.476 e. The number of hydrogen-bond donors (Lipinski definition) is 4. The Labute approximate surface area is 104 Å². The monoisotopic (exact) mass is 277 g/mol. The van der Waals surface area contributed by atoms with Crippen molar-refractivity contribution in [2.24, 2.45) is 0 Å². The minimum atomic E-state index is -3.91. The summed E-state index contributed by atoms with van der Waals surface area (Å²) in [5, 5.41) is 23.2. The number of hydrogen-bond acceptors (Lipinski definition) is 5. The Morgan fingerprint density at radius 1 is 1.44 bits per heavy atom. The van der Waals surface area contributed by atoms with Crippen molar-refractivity contribution in [3.63, 3.8) is 0 Å². The van der Waals surface area contributed by atoms with E-state index in [9.17, 15) is 13.2 Å². The second-order valence-electron chi connectivity index (χ2n) is 3.66. The number of aryl methyl sites for hydroxylation is 1. The number of carboxylic acids is 1. The van der Waals surface area contributed by atoms with E-state index >= 15 is 0 Å². The molecule has 8 nitrogen and oxygen atoms in total. The summed E-state index contributed by atoms with van der Waals surface area (Å²) in [5.74, 6) is -1.41. The van der Waals surface area contributed by atoms with Crippen LogP contribution in [-0.2, 0) is 10.0 Å². The zero-order valence-electron chi connectivity index (χ0n) is 9.80. The Kier molecular flexibility index (Phi) is 4.82. The zero-order chi connectivity index (χ0) is 13.8. The number of nitrogens with zero attached hydrogens (tertiary/aromatic N) is 1. The predicted molar refractivity (Wildman–Crippen MR) is 61.8 cm³/mol. The van der Waals surface area contributed by atoms with Gasteiger partial charge in [-0.05, 0) is 19.8 Å². The highest BCUT2D eigenvalue weighted by Gasteiger charge is 2.27. The fraction of sp³-hybridized carbons (Fsp3) is 0.556. The molecule has 0 amide bonds. The maximum absolute atomic E-state index is 11.9. The molecule has 18 heavy (non-hydrogen) atoms. The normalized spacial score (nSPS) is 11.7. The molecule has 0 atom stereocenters. The number of aliphatic hydroxyl groups excluding tert-OH is 1. The second kappa shape index (κ2) is 5.94. The van der Waals surface area contributed by atoms with Gasteiger partial charge in [0.1, 0.15) is 4.90 Å². The number of aromatic carboxylic acids is 1. The number of rotatable bonds is 7. The van der Waals surface area contributed by atoms with Crippen molar-refractivity contribution >= 4 is 16.0 Å². The molecule has 1 aromatic rings. The number of aromatic amines is 1. The lowest BCUT2D eigenvalue weighted by Crippen LogP contribution is -2.26. The van der Waals surface area contributed by atoms with E-state index in [1.807, 2.05) is 0 Å². The average Bonchev–Trinajstić information content (AvgIpc) is 2.67. The van der Waals surface area contributed by atoms with Crippen molar-refractivity contribution in [3.05, 3.63) is 11.4 Å². The number of aliphatic hydroxyl groups is 1. The van der Waals surface area contributed by atoms with Crippen LogP contribution in [0.1, 0.15) is 29.0 Å². The summed E-state index contributed by atoms with van der Waals surface area (Å²) in [7, 11) is -3.91. The molecule has 1 heterocycles. The standard InChI is InChI=1S/C9H15N3O5S/c1-6-8(7(9(14)15)12-11-6)18(16,17)10-4-2-3-5-13/h10,13H,2-5H2,1H3,(H,11,12)(H,14,15). The quantitative estimate of drug-likeness (QED) is 0.495. The SMILES string of the molecule is Cc1[nH]nc(C(=O)O)c1S(=O)(=O)NCCCCO. The third-order valence-corrected chi connectivity index (χ3v) is 3.86. The molecular formula is C9H15N3O5S. The Morgan fingerprint density at radius 2 is 2.11 bits per heavy atom. The Bertz CT molecular complexity index is 522. The van der Waals surface area contributed by atoms with Crippen LogP contribution in [0.5, 0.6) is 0 Å². The van der Waals surface area contributed by atoms with E-state index in [1.165, 1.54) is 6.92 Å². The molecule has 0 radical (unpaired) electrons. The molecule has 0 fully saturated rings. The highest BCUT2D eigenvalue weighted by atomic mass is 32.2. The van der Waals surface area contributed by atoms with Gasteiger partial charge in [-0.2, -0.15) is 5.10 Å². The summed E-state index contributed by atoms with van der Waals surface area (Å²) in [6.07, 6.45) is 0.938. The molecule has 0 bridgehead atoms. The number of unbranched alkanes of at least 4 members (excludes halogenated alkanes) is 1. The van der Waals surface area contributed by atoms with Crippen LogP contribution >= 0.6 is 0 Å². The van der Waals surface area contributed by atoms with Crippen LogP contribution in [0.4, 0.5) is 0 Å². The van der Waals surface area contributed by atoms with Gasteiger partial charge in [0.2, 0.25) is 10.0 Å². The Morgan fingerprint density at radius 3 is 2.67 bits per heavy atom. The summed E-state index contributed by atoms with van der Waals surface area (Å²) in [6, 6.07) is 0. The Balaban J connectivity index is 2.91. The van der Waals surface area contributed by atoms with Gasteiger partial charge >= 0.3 is 5.97 Å². The molecule has 0 aromatic carbocycles. The molecule has 9 heteroatoms. The maximum Gasteiger partial charge on any atom is 0.357 e. The Hall–Kier alpha value is -1.45. The van der Waals surface area contributed by atoms with Gasteiger partial charge in [-0.1, -0.05) is 0 Å². The van der Waals surface area contributed by atoms with E-state index in [0.717, 1.165) is 0 Å². The number of sulfonamides is 1. The van der Waals surface area contributed by atoms with Crippen molar-refractivity contribution in [1.82, 2.24) is 14.9 Å². The summed E-state index contributed by atoms with van der Waals surface area (Å²) in [5.41, 5.74) is -0.357. The van der Waals surface area contributed by atoms with Gasteiger partial charge in [0, 0.05) is 13.2 Å². The highest BCUT2D eigenvalue weighted by molar-refractivity contribution is 7.89. The lowest BCUT2D eigenvalue weighted by atomic mass is 10.3. The molecule has 0 aliphatic heterocycles. The number of H-pyrrole nitrogens is 1. The van der Waals surface area contributed by atoms with Crippen molar-refractivity contribution in [2.75, 3.05) is 13.2 Å². The molecule has 0 saturated heterocycles. The first-order chi connectivity index (χ1) is 8.40. The zero-order valence-corrected chi connectivity index (χ0v) is 10.6. The van der Waals surface area contributed by atoms with Crippen LogP contribution in [0.3, 0.4) is 0 Å². The van der Waals surface area contributed by atoms with Gasteiger partial charge in [0.05, 0.1) is 5.69 Å². The van der Waals surface area contributed by atoms with Crippen LogP contribution < -0.4 is 4.72 Å². The van der Waals surface area contributed by atoms with E-state index in [0.29, 0.717) is 12.8 Å². The van der Waals surface area contributed by atoms with Crippen LogP contribution in [-0.4, -0.2) is 47.9 Å². The van der Waals surface area contributed by atoms with Crippen LogP contribution in [0.25, 0.3) is 0 Å². The van der Waals surface area contributed by atoms with E-state index in [4.69, 9.17) is 10.2 Å². The topological polar surface area (TPSA) is 132 Å². The van der Waals surface area contributed by atoms with Crippen molar-refractivity contribution in [3.8, 4) is 0 Å². The molecule has 0 aliphatic rings. The smallest absolute Gasteiger partial charge is 0.357 e. The molecule has 1 rings (SSSR count). The predicted octanol–water partition coefficient (Wildman–Crippen LogP) is -0.533. The fourth-order valence-electron chi connectivity index (χ4n) is 1.41. The molecular weight excluding hydrogens is 262 g/mol. The number of nitrogens with one attached hydrogen (secondary N) is 2. The van der Waals surface area contributed by atoms with Crippen LogP contribution in [0.2, 0.25) is 0 Å². The fourth-order valence-corrected chi connectivity index (χ4v) is 2.80. The molecule has 4 N–H and O–H groups in total. The van der Waals surface area contributed by atoms with Crippen molar-refractivity contribution in [2.45, 2.75) is 24.7 Å². The minimum absolute atomic E-state index is 0.0210. The summed E-state index contributed by atoms with van der Waals surface area (Å²) in [6.45, 7) is 1.54. The first-order valence-corrected chi connectivity index (χ1v) is 6.77. The molecule has 0 spiro atoms. The van der Waals surface area contributed by atoms with Gasteiger partial charge in [-0.15, -0.1) is 0 Å². The van der Waals surface area contributed by atoms with Gasteiger partial charge in [0.15, 0.2) is 5.69 Å². The van der Waals surface area contributed by atoms with Crippen LogP contribution in [0, 0.1) is 6.92 Å². The number of aromatic nitrogens is 2. The highest BCUT2D eigenvalue weighted by Crippen LogP contribution is 2.17. The number of carbonyl (C=O) groups is 1. The summed E-state index contributed by atoms with van der Waals surface area (Å²) >= 11 is 0. The number of carboxylic acid groups (broad SMARTS) is 1. The molecule has 0 unspecified atom stereocenters. The van der Waals surface area contributed by atoms with E-state index in [2.05, 4.69) is 14.9 Å². The summed E-state index contributed by atoms with van der Waals surface area (Å²) < 4.78 is 26.1. The minimum Gasteiger partial charge on any atom is -0.476 e. The van der Waals surface area contributed by atoms with Gasteiger partial charge in [-0.25, -0.2) is 17.9 Å². The third-order valence-electron chi connectivity index (χ3n) is 2.24. The first-order valence-electron chi connectivity index (χ1n) is 5.29. The molecule has 102 valence electrons. The molecule has 0 aliphatic carbocycles. The second-order valence-corrected chi connectivity index (χ2v) is 5.36. The van der Waals surface area contributed by atoms with Gasteiger partial charge in [0.25, 0.3) is 0 Å². The first kappa shape index (κ1) is 14.6. The van der Waals surface area contributed by atoms with E-state index < -0.39 is 21.7 Å². The summed E-state index contributed by atoms with van der Waals surface area (Å²) in [4.78, 5) is 10.5. The third kappa shape index (κ3) is 3.28. The van der Waals surface area contributed by atoms with E-state index in [-0.39, 0.29) is 23.7 Å². The van der Waals surface area contributed by atoms with Gasteiger partial charge < -0.3 is 10.2 Å². The van der Waals surface area contributed by atoms with Crippen molar-refractivity contribution < 1.29 is 23.4 Å². The lowest BCUT2D eigenvalue weighted by Gasteiger charge is -2.06. The van der Waals surface area contributed by atoms with Crippen LogP contribution in [0.15, 0.2) is 4.90 Å². The molecule has 0 saturated carbocycles. The lowest BCUT2D eigenvalue weighted by molar-refractivity contribution is 0.0686.